The van der Waals surface area contributed by atoms with Crippen LogP contribution in [-0.4, -0.2) is 68.2 Å². The second-order valence-electron chi connectivity index (χ2n) is 8.40. The average molecular weight is 380 g/mol. The maximum atomic E-state index is 12.9. The van der Waals surface area contributed by atoms with Crippen molar-refractivity contribution in [2.24, 2.45) is 11.3 Å². The van der Waals surface area contributed by atoms with Gasteiger partial charge in [0, 0.05) is 19.1 Å². The van der Waals surface area contributed by atoms with Crippen molar-refractivity contribution in [1.82, 2.24) is 20.9 Å². The highest BCUT2D eigenvalue weighted by molar-refractivity contribution is 6.09. The van der Waals surface area contributed by atoms with Crippen LogP contribution >= 0.6 is 0 Å². The summed E-state index contributed by atoms with van der Waals surface area (Å²) in [7, 11) is 1.67. The molecule has 2 heterocycles. The lowest BCUT2D eigenvalue weighted by Crippen LogP contribution is -2.54. The molecule has 3 N–H and O–H groups in total. The van der Waals surface area contributed by atoms with Gasteiger partial charge >= 0.3 is 6.03 Å². The maximum absolute atomic E-state index is 12.9. The number of nitrogens with one attached hydrogen (secondary N) is 3. The largest absolute Gasteiger partial charge is 0.384 e. The number of nitrogens with zero attached hydrogens (tertiary/aromatic N) is 1. The fraction of sp³-hybridized carbons (Fsp3) is 0.842. The monoisotopic (exact) mass is 380 g/mol. The second kappa shape index (κ2) is 8.14. The van der Waals surface area contributed by atoms with Crippen LogP contribution in [0, 0.1) is 11.3 Å². The molecule has 3 rings (SSSR count). The van der Waals surface area contributed by atoms with E-state index in [-0.39, 0.29) is 29.7 Å². The Morgan fingerprint density at radius 1 is 1.26 bits per heavy atom. The molecule has 2 saturated heterocycles. The van der Waals surface area contributed by atoms with E-state index in [1.54, 1.807) is 7.11 Å². The number of imide groups is 1. The highest BCUT2D eigenvalue weighted by Gasteiger charge is 2.55. The van der Waals surface area contributed by atoms with E-state index in [1.165, 1.54) is 0 Å². The van der Waals surface area contributed by atoms with Crippen molar-refractivity contribution in [2.75, 3.05) is 39.9 Å². The Hall–Kier alpha value is -1.67. The molecular formula is C19H32N4O4. The van der Waals surface area contributed by atoms with Gasteiger partial charge in [-0.3, -0.25) is 14.5 Å². The van der Waals surface area contributed by atoms with Crippen molar-refractivity contribution in [2.45, 2.75) is 51.0 Å². The van der Waals surface area contributed by atoms with Crippen LogP contribution < -0.4 is 16.0 Å². The molecule has 8 heteroatoms. The number of hydrogen-bond donors (Lipinski definition) is 3. The Balaban J connectivity index is 1.59. The molecule has 152 valence electrons. The van der Waals surface area contributed by atoms with Gasteiger partial charge in [-0.05, 0) is 44.7 Å². The Morgan fingerprint density at radius 3 is 2.67 bits per heavy atom. The van der Waals surface area contributed by atoms with Gasteiger partial charge in [-0.2, -0.15) is 0 Å². The summed E-state index contributed by atoms with van der Waals surface area (Å²) in [6, 6.07) is -0.447. The number of carbonyl (C=O) groups is 3. The van der Waals surface area contributed by atoms with Crippen LogP contribution in [0.1, 0.15) is 45.4 Å². The molecule has 8 nitrogen and oxygen atoms in total. The van der Waals surface area contributed by atoms with E-state index in [2.05, 4.69) is 16.0 Å². The van der Waals surface area contributed by atoms with Gasteiger partial charge in [0.05, 0.1) is 6.61 Å². The van der Waals surface area contributed by atoms with Crippen LogP contribution in [-0.2, 0) is 14.3 Å². The van der Waals surface area contributed by atoms with Gasteiger partial charge in [-0.25, -0.2) is 4.79 Å². The zero-order chi connectivity index (χ0) is 19.5. The number of piperidine rings is 1. The summed E-state index contributed by atoms with van der Waals surface area (Å²) in [5.41, 5.74) is -0.909. The van der Waals surface area contributed by atoms with Gasteiger partial charge in [0.15, 0.2) is 0 Å². The van der Waals surface area contributed by atoms with Gasteiger partial charge in [-0.15, -0.1) is 0 Å². The van der Waals surface area contributed by atoms with Crippen LogP contribution in [0.5, 0.6) is 0 Å². The van der Waals surface area contributed by atoms with Gasteiger partial charge in [0.25, 0.3) is 5.91 Å². The number of urea groups is 1. The van der Waals surface area contributed by atoms with E-state index in [4.69, 9.17) is 4.74 Å². The maximum Gasteiger partial charge on any atom is 0.325 e. The minimum atomic E-state index is -0.818. The highest BCUT2D eigenvalue weighted by atomic mass is 16.5. The smallest absolute Gasteiger partial charge is 0.325 e. The lowest BCUT2D eigenvalue weighted by atomic mass is 9.73. The minimum Gasteiger partial charge on any atom is -0.384 e. The predicted octanol–water partition coefficient (Wildman–Crippen LogP) is 0.620. The Morgan fingerprint density at radius 2 is 2.00 bits per heavy atom. The number of hydrogen-bond acceptors (Lipinski definition) is 5. The highest BCUT2D eigenvalue weighted by Crippen LogP contribution is 2.38. The fourth-order valence-electron chi connectivity index (χ4n) is 4.76. The molecule has 1 saturated carbocycles. The van der Waals surface area contributed by atoms with Crippen molar-refractivity contribution in [1.29, 1.82) is 0 Å². The summed E-state index contributed by atoms with van der Waals surface area (Å²) in [6.07, 6.45) is 5.41. The number of carbonyl (C=O) groups excluding carboxylic acids is 3. The Bertz CT molecular complexity index is 585. The second-order valence-corrected chi connectivity index (χ2v) is 8.40. The first kappa shape index (κ1) is 20.1. The topological polar surface area (TPSA) is 99.8 Å². The average Bonchev–Trinajstić information content (AvgIpc) is 2.89. The predicted molar refractivity (Wildman–Crippen MR) is 100 cm³/mol. The standard InChI is InChI=1S/C19H32N4O4/c1-14-5-3-4-6-19(14)16(25)23(17(26)22-19)11-15(24)21-12-18(13-27-2)7-9-20-10-8-18/h14,20H,3-13H2,1-2H3,(H,21,24)(H,22,26). The molecule has 2 unspecified atom stereocenters. The van der Waals surface area contributed by atoms with E-state index in [1.807, 2.05) is 6.92 Å². The van der Waals surface area contributed by atoms with Gasteiger partial charge in [-0.1, -0.05) is 19.8 Å². The molecule has 0 aromatic carbocycles. The first-order valence-corrected chi connectivity index (χ1v) is 10.0. The van der Waals surface area contributed by atoms with E-state index in [0.717, 1.165) is 50.1 Å². The summed E-state index contributed by atoms with van der Waals surface area (Å²) in [6.45, 7) is 4.65. The van der Waals surface area contributed by atoms with Crippen molar-refractivity contribution < 1.29 is 19.1 Å². The van der Waals surface area contributed by atoms with Crippen LogP contribution in [0.4, 0.5) is 4.79 Å². The number of amides is 4. The third kappa shape index (κ3) is 3.96. The summed E-state index contributed by atoms with van der Waals surface area (Å²) in [4.78, 5) is 38.9. The number of ether oxygens (including phenoxy) is 1. The quantitative estimate of drug-likeness (QED) is 0.587. The van der Waals surface area contributed by atoms with Crippen molar-refractivity contribution in [3.8, 4) is 0 Å². The minimum absolute atomic E-state index is 0.0912. The first-order chi connectivity index (χ1) is 12.9. The fourth-order valence-corrected chi connectivity index (χ4v) is 4.76. The normalized spacial score (nSPS) is 30.4. The molecule has 0 aromatic heterocycles. The summed E-state index contributed by atoms with van der Waals surface area (Å²) in [5, 5.41) is 9.13. The Kier molecular flexibility index (Phi) is 6.05. The Labute approximate surface area is 160 Å². The van der Waals surface area contributed by atoms with E-state index in [0.29, 0.717) is 19.6 Å². The number of rotatable bonds is 6. The van der Waals surface area contributed by atoms with Gasteiger partial charge in [0.2, 0.25) is 5.91 Å². The third-order valence-electron chi connectivity index (χ3n) is 6.58. The molecule has 2 aliphatic heterocycles. The van der Waals surface area contributed by atoms with E-state index < -0.39 is 11.6 Å². The molecule has 27 heavy (non-hydrogen) atoms. The first-order valence-electron chi connectivity index (χ1n) is 10.0. The molecule has 0 bridgehead atoms. The van der Waals surface area contributed by atoms with E-state index >= 15 is 0 Å². The van der Waals surface area contributed by atoms with Crippen molar-refractivity contribution in [3.05, 3.63) is 0 Å². The summed E-state index contributed by atoms with van der Waals surface area (Å²) < 4.78 is 5.36. The molecule has 0 aromatic rings. The third-order valence-corrected chi connectivity index (χ3v) is 6.58. The van der Waals surface area contributed by atoms with Crippen LogP contribution in [0.3, 0.4) is 0 Å². The zero-order valence-electron chi connectivity index (χ0n) is 16.4. The van der Waals surface area contributed by atoms with Crippen LogP contribution in [0.25, 0.3) is 0 Å². The van der Waals surface area contributed by atoms with Crippen molar-refractivity contribution in [3.63, 3.8) is 0 Å². The molecule has 2 atom stereocenters. The lowest BCUT2D eigenvalue weighted by molar-refractivity contribution is -0.137. The summed E-state index contributed by atoms with van der Waals surface area (Å²) in [5.74, 6) is -0.452. The SMILES string of the molecule is COCC1(CNC(=O)CN2C(=O)NC3(CCCCC3C)C2=O)CCNCC1. The molecule has 0 radical (unpaired) electrons. The molecular weight excluding hydrogens is 348 g/mol. The van der Waals surface area contributed by atoms with Crippen LogP contribution in [0.2, 0.25) is 0 Å². The van der Waals surface area contributed by atoms with Crippen molar-refractivity contribution >= 4 is 17.8 Å². The molecule has 4 amide bonds. The zero-order valence-corrected chi connectivity index (χ0v) is 16.4. The molecule has 1 spiro atoms. The number of methoxy groups -OCH3 is 1. The molecule has 3 fully saturated rings. The molecule has 3 aliphatic rings. The van der Waals surface area contributed by atoms with Crippen LogP contribution in [0.15, 0.2) is 0 Å². The molecule has 1 aliphatic carbocycles. The van der Waals surface area contributed by atoms with Gasteiger partial charge in [0.1, 0.15) is 12.1 Å². The van der Waals surface area contributed by atoms with E-state index in [9.17, 15) is 14.4 Å². The lowest BCUT2D eigenvalue weighted by Gasteiger charge is -2.37. The van der Waals surface area contributed by atoms with Gasteiger partial charge < -0.3 is 20.7 Å². The summed E-state index contributed by atoms with van der Waals surface area (Å²) >= 11 is 0.